The number of anilines is 3. The average molecular weight is 353 g/mol. The third-order valence-electron chi connectivity index (χ3n) is 3.74. The lowest BCUT2D eigenvalue weighted by molar-refractivity contribution is 0.102. The predicted octanol–water partition coefficient (Wildman–Crippen LogP) is 4.74. The van der Waals surface area contributed by atoms with Gasteiger partial charge in [0.05, 0.1) is 5.56 Å². The normalized spacial score (nSPS) is 10.4. The highest BCUT2D eigenvalue weighted by Crippen LogP contribution is 2.24. The molecule has 25 heavy (non-hydrogen) atoms. The Morgan fingerprint density at radius 3 is 2.36 bits per heavy atom. The molecule has 0 radical (unpaired) electrons. The van der Waals surface area contributed by atoms with E-state index in [1.807, 2.05) is 56.3 Å². The molecule has 126 valence electrons. The minimum Gasteiger partial charge on any atom is -0.324 e. The van der Waals surface area contributed by atoms with Crippen LogP contribution in [0.4, 0.5) is 17.3 Å². The second kappa shape index (κ2) is 7.32. The zero-order valence-electron chi connectivity index (χ0n) is 13.9. The molecule has 0 unspecified atom stereocenters. The van der Waals surface area contributed by atoms with E-state index in [-0.39, 0.29) is 5.91 Å². The molecule has 0 saturated carbocycles. The second-order valence-electron chi connectivity index (χ2n) is 5.65. The minimum atomic E-state index is -0.255. The molecule has 1 amide bonds. The molecular formula is C19H17ClN4O. The number of nitrogens with zero attached hydrogens (tertiary/aromatic N) is 2. The zero-order valence-corrected chi connectivity index (χ0v) is 14.6. The van der Waals surface area contributed by atoms with Crippen molar-refractivity contribution in [2.75, 3.05) is 10.6 Å². The van der Waals surface area contributed by atoms with Crippen molar-refractivity contribution >= 4 is 34.8 Å². The van der Waals surface area contributed by atoms with E-state index in [1.165, 1.54) is 12.4 Å². The lowest BCUT2D eigenvalue weighted by Gasteiger charge is -2.09. The first kappa shape index (κ1) is 16.9. The predicted molar refractivity (Wildman–Crippen MR) is 101 cm³/mol. The summed E-state index contributed by atoms with van der Waals surface area (Å²) in [6.07, 6.45) is 2.97. The third kappa shape index (κ3) is 4.14. The molecule has 0 aliphatic heterocycles. The van der Waals surface area contributed by atoms with Crippen molar-refractivity contribution in [2.45, 2.75) is 13.8 Å². The van der Waals surface area contributed by atoms with Crippen LogP contribution in [-0.4, -0.2) is 15.9 Å². The van der Waals surface area contributed by atoms with Crippen molar-refractivity contribution in [1.82, 2.24) is 9.97 Å². The van der Waals surface area contributed by atoms with Gasteiger partial charge in [-0.05, 0) is 43.7 Å². The molecule has 2 N–H and O–H groups in total. The van der Waals surface area contributed by atoms with Gasteiger partial charge in [-0.2, -0.15) is 0 Å². The van der Waals surface area contributed by atoms with Crippen LogP contribution < -0.4 is 10.6 Å². The number of aryl methyl sites for hydroxylation is 1. The second-order valence-corrected chi connectivity index (χ2v) is 6.06. The first-order valence-corrected chi connectivity index (χ1v) is 8.13. The zero-order chi connectivity index (χ0) is 17.8. The Morgan fingerprint density at radius 2 is 1.68 bits per heavy atom. The van der Waals surface area contributed by atoms with Gasteiger partial charge in [-0.15, -0.1) is 0 Å². The van der Waals surface area contributed by atoms with E-state index in [2.05, 4.69) is 20.6 Å². The van der Waals surface area contributed by atoms with E-state index in [0.29, 0.717) is 16.5 Å². The van der Waals surface area contributed by atoms with Gasteiger partial charge in [-0.25, -0.2) is 9.97 Å². The highest BCUT2D eigenvalue weighted by Gasteiger charge is 2.09. The van der Waals surface area contributed by atoms with Crippen LogP contribution in [-0.2, 0) is 0 Å². The summed E-state index contributed by atoms with van der Waals surface area (Å²) in [4.78, 5) is 20.6. The summed E-state index contributed by atoms with van der Waals surface area (Å²) in [7, 11) is 0. The monoisotopic (exact) mass is 352 g/mol. The number of hydrogen-bond donors (Lipinski definition) is 2. The molecule has 5 nitrogen and oxygen atoms in total. The molecular weight excluding hydrogens is 336 g/mol. The molecule has 6 heteroatoms. The Bertz CT molecular complexity index is 892. The van der Waals surface area contributed by atoms with Gasteiger partial charge in [0, 0.05) is 28.8 Å². The Kier molecular flexibility index (Phi) is 4.95. The van der Waals surface area contributed by atoms with Crippen molar-refractivity contribution in [3.8, 4) is 0 Å². The third-order valence-corrected chi connectivity index (χ3v) is 4.15. The number of amides is 1. The van der Waals surface area contributed by atoms with Gasteiger partial charge in [-0.1, -0.05) is 35.4 Å². The standard InChI is InChI=1S/C19H17ClN4O/c1-12-6-8-15(9-7-12)23-18(25)14-10-21-19(22-11-14)24-17-5-3-4-16(20)13(17)2/h3-11H,1-2H3,(H,23,25)(H,21,22,24). The number of benzene rings is 2. The van der Waals surface area contributed by atoms with Crippen LogP contribution in [0.15, 0.2) is 54.9 Å². The maximum absolute atomic E-state index is 12.2. The number of carbonyl (C=O) groups is 1. The van der Waals surface area contributed by atoms with Crippen LogP contribution in [0.1, 0.15) is 21.5 Å². The SMILES string of the molecule is Cc1ccc(NC(=O)c2cnc(Nc3cccc(Cl)c3C)nc2)cc1. The van der Waals surface area contributed by atoms with E-state index in [9.17, 15) is 4.79 Å². The summed E-state index contributed by atoms with van der Waals surface area (Å²) in [6, 6.07) is 13.1. The van der Waals surface area contributed by atoms with E-state index in [0.717, 1.165) is 22.5 Å². The summed E-state index contributed by atoms with van der Waals surface area (Å²) in [5.41, 5.74) is 3.98. The Labute approximate surface area is 151 Å². The van der Waals surface area contributed by atoms with E-state index in [4.69, 9.17) is 11.6 Å². The molecule has 3 aromatic rings. The van der Waals surface area contributed by atoms with Crippen molar-refractivity contribution in [1.29, 1.82) is 0 Å². The lowest BCUT2D eigenvalue weighted by Crippen LogP contribution is -2.13. The number of aromatic nitrogens is 2. The summed E-state index contributed by atoms with van der Waals surface area (Å²) in [5, 5.41) is 6.58. The molecule has 0 atom stereocenters. The van der Waals surface area contributed by atoms with Crippen molar-refractivity contribution in [3.05, 3.63) is 76.6 Å². The number of hydrogen-bond acceptors (Lipinski definition) is 4. The number of nitrogens with one attached hydrogen (secondary N) is 2. The lowest BCUT2D eigenvalue weighted by atomic mass is 10.2. The topological polar surface area (TPSA) is 66.9 Å². The fourth-order valence-corrected chi connectivity index (χ4v) is 2.39. The molecule has 0 aliphatic carbocycles. The Morgan fingerprint density at radius 1 is 1.00 bits per heavy atom. The molecule has 1 heterocycles. The van der Waals surface area contributed by atoms with Crippen LogP contribution in [0.2, 0.25) is 5.02 Å². The molecule has 0 saturated heterocycles. The molecule has 0 bridgehead atoms. The van der Waals surface area contributed by atoms with Gasteiger partial charge in [0.15, 0.2) is 0 Å². The number of halogens is 1. The fraction of sp³-hybridized carbons (Fsp3) is 0.105. The summed E-state index contributed by atoms with van der Waals surface area (Å²) >= 11 is 6.10. The fourth-order valence-electron chi connectivity index (χ4n) is 2.21. The maximum Gasteiger partial charge on any atom is 0.258 e. The summed E-state index contributed by atoms with van der Waals surface area (Å²) in [6.45, 7) is 3.90. The van der Waals surface area contributed by atoms with Crippen molar-refractivity contribution in [2.24, 2.45) is 0 Å². The van der Waals surface area contributed by atoms with Gasteiger partial charge in [0.2, 0.25) is 5.95 Å². The quantitative estimate of drug-likeness (QED) is 0.711. The first-order valence-electron chi connectivity index (χ1n) is 7.75. The van der Waals surface area contributed by atoms with E-state index < -0.39 is 0 Å². The highest BCUT2D eigenvalue weighted by molar-refractivity contribution is 6.31. The molecule has 1 aromatic heterocycles. The largest absolute Gasteiger partial charge is 0.324 e. The molecule has 0 fully saturated rings. The van der Waals surface area contributed by atoms with Crippen LogP contribution in [0.3, 0.4) is 0 Å². The van der Waals surface area contributed by atoms with E-state index in [1.54, 1.807) is 0 Å². The van der Waals surface area contributed by atoms with Crippen molar-refractivity contribution in [3.63, 3.8) is 0 Å². The maximum atomic E-state index is 12.2. The highest BCUT2D eigenvalue weighted by atomic mass is 35.5. The Hall–Kier alpha value is -2.92. The van der Waals surface area contributed by atoms with E-state index >= 15 is 0 Å². The number of carbonyl (C=O) groups excluding carboxylic acids is 1. The van der Waals surface area contributed by atoms with Gasteiger partial charge in [0.25, 0.3) is 5.91 Å². The van der Waals surface area contributed by atoms with Crippen LogP contribution in [0.25, 0.3) is 0 Å². The van der Waals surface area contributed by atoms with Gasteiger partial charge >= 0.3 is 0 Å². The number of rotatable bonds is 4. The van der Waals surface area contributed by atoms with Crippen molar-refractivity contribution < 1.29 is 4.79 Å². The van der Waals surface area contributed by atoms with Gasteiger partial charge in [-0.3, -0.25) is 4.79 Å². The van der Waals surface area contributed by atoms with Crippen LogP contribution >= 0.6 is 11.6 Å². The molecule has 3 rings (SSSR count). The summed E-state index contributed by atoms with van der Waals surface area (Å²) < 4.78 is 0. The Balaban J connectivity index is 1.70. The van der Waals surface area contributed by atoms with Crippen LogP contribution in [0.5, 0.6) is 0 Å². The molecule has 0 spiro atoms. The summed E-state index contributed by atoms with van der Waals surface area (Å²) in [5.74, 6) is 0.145. The van der Waals surface area contributed by atoms with Gasteiger partial charge < -0.3 is 10.6 Å². The van der Waals surface area contributed by atoms with Crippen LogP contribution in [0, 0.1) is 13.8 Å². The smallest absolute Gasteiger partial charge is 0.258 e. The van der Waals surface area contributed by atoms with Gasteiger partial charge in [0.1, 0.15) is 0 Å². The molecule has 0 aliphatic rings. The average Bonchev–Trinajstić information content (AvgIpc) is 2.61. The minimum absolute atomic E-state index is 0.255. The molecule has 2 aromatic carbocycles. The first-order chi connectivity index (χ1) is 12.0.